The highest BCUT2D eigenvalue weighted by molar-refractivity contribution is 5.14. The molecule has 144 valence electrons. The van der Waals surface area contributed by atoms with E-state index in [0.717, 1.165) is 23.7 Å². The van der Waals surface area contributed by atoms with Crippen molar-refractivity contribution >= 4 is 0 Å². The normalized spacial score (nSPS) is 25.1. The standard InChI is InChI=1S/C12H18.C11H20.C2H6/c1-11(2)7-6-10-12-8-4-3-5-9-12;1-9-5-4-7-10-6-2-3-8-11(9)10;1-2/h3-5,8-9,11H,6-7,10H2,1-2H3;9-11H,2-8H2,1H3;1-2H3. The fourth-order valence-corrected chi connectivity index (χ4v) is 4.62. The second-order valence-electron chi connectivity index (χ2n) is 8.39. The van der Waals surface area contributed by atoms with Gasteiger partial charge in [0.1, 0.15) is 0 Å². The SMILES string of the molecule is CC.CC(C)CCCc1ccccc1.CC1CCCC2CCCCC12. The second-order valence-corrected chi connectivity index (χ2v) is 8.39. The molecule has 2 aliphatic rings. The third-order valence-electron chi connectivity index (χ3n) is 6.02. The van der Waals surface area contributed by atoms with Crippen LogP contribution < -0.4 is 0 Å². The maximum Gasteiger partial charge on any atom is -0.0279 e. The molecular formula is C25H44. The Morgan fingerprint density at radius 3 is 2.16 bits per heavy atom. The molecule has 2 saturated carbocycles. The molecule has 25 heavy (non-hydrogen) atoms. The van der Waals surface area contributed by atoms with Crippen LogP contribution >= 0.6 is 0 Å². The molecule has 2 fully saturated rings. The van der Waals surface area contributed by atoms with Gasteiger partial charge >= 0.3 is 0 Å². The lowest BCUT2D eigenvalue weighted by Gasteiger charge is -2.39. The van der Waals surface area contributed by atoms with Gasteiger partial charge in [-0.2, -0.15) is 0 Å². The van der Waals surface area contributed by atoms with Crippen LogP contribution in [-0.2, 0) is 6.42 Å². The summed E-state index contributed by atoms with van der Waals surface area (Å²) in [6.07, 6.45) is 14.6. The lowest BCUT2D eigenvalue weighted by molar-refractivity contribution is 0.114. The smallest absolute Gasteiger partial charge is 0.0279 e. The van der Waals surface area contributed by atoms with Crippen molar-refractivity contribution in [2.45, 2.75) is 98.8 Å². The Bertz CT molecular complexity index is 403. The molecule has 0 N–H and O–H groups in total. The van der Waals surface area contributed by atoms with Gasteiger partial charge in [-0.05, 0) is 48.5 Å². The monoisotopic (exact) mass is 344 g/mol. The number of fused-ring (bicyclic) bond motifs is 1. The van der Waals surface area contributed by atoms with Crippen molar-refractivity contribution in [3.63, 3.8) is 0 Å². The first-order chi connectivity index (χ1) is 12.2. The molecular weight excluding hydrogens is 300 g/mol. The van der Waals surface area contributed by atoms with Gasteiger partial charge < -0.3 is 0 Å². The van der Waals surface area contributed by atoms with Gasteiger partial charge in [-0.1, -0.05) is 110 Å². The van der Waals surface area contributed by atoms with Crippen LogP contribution in [-0.4, -0.2) is 0 Å². The molecule has 0 bridgehead atoms. The van der Waals surface area contributed by atoms with E-state index in [4.69, 9.17) is 0 Å². The molecule has 1 aromatic rings. The minimum Gasteiger partial charge on any atom is -0.0683 e. The van der Waals surface area contributed by atoms with Crippen LogP contribution in [0.4, 0.5) is 0 Å². The van der Waals surface area contributed by atoms with Crippen LogP contribution in [0.1, 0.15) is 98.0 Å². The minimum atomic E-state index is 0.841. The Kier molecular flexibility index (Phi) is 12.0. The lowest BCUT2D eigenvalue weighted by Crippen LogP contribution is -2.29. The van der Waals surface area contributed by atoms with Gasteiger partial charge in [0.05, 0.1) is 0 Å². The fourth-order valence-electron chi connectivity index (χ4n) is 4.62. The average Bonchev–Trinajstić information content (AvgIpc) is 2.65. The van der Waals surface area contributed by atoms with Crippen LogP contribution in [0.2, 0.25) is 0 Å². The molecule has 0 heteroatoms. The second kappa shape index (κ2) is 13.4. The third kappa shape index (κ3) is 8.93. The molecule has 1 aromatic carbocycles. The summed E-state index contributed by atoms with van der Waals surface area (Å²) < 4.78 is 0. The van der Waals surface area contributed by atoms with E-state index in [9.17, 15) is 0 Å². The Hall–Kier alpha value is -0.780. The van der Waals surface area contributed by atoms with Crippen LogP contribution in [0.15, 0.2) is 30.3 Å². The predicted octanol–water partition coefficient (Wildman–Crippen LogP) is 8.30. The van der Waals surface area contributed by atoms with Crippen molar-refractivity contribution in [1.29, 1.82) is 0 Å². The largest absolute Gasteiger partial charge is 0.0683 e. The molecule has 3 rings (SSSR count). The van der Waals surface area contributed by atoms with E-state index in [0.29, 0.717) is 0 Å². The van der Waals surface area contributed by atoms with E-state index < -0.39 is 0 Å². The average molecular weight is 345 g/mol. The molecule has 2 aliphatic carbocycles. The summed E-state index contributed by atoms with van der Waals surface area (Å²) in [5.74, 6) is 4.15. The van der Waals surface area contributed by atoms with Crippen molar-refractivity contribution in [1.82, 2.24) is 0 Å². The summed E-state index contributed by atoms with van der Waals surface area (Å²) in [6, 6.07) is 10.7. The summed E-state index contributed by atoms with van der Waals surface area (Å²) in [5.41, 5.74) is 1.47. The van der Waals surface area contributed by atoms with Crippen molar-refractivity contribution in [2.24, 2.45) is 23.7 Å². The first-order valence-electron chi connectivity index (χ1n) is 11.2. The summed E-state index contributed by atoms with van der Waals surface area (Å²) in [7, 11) is 0. The van der Waals surface area contributed by atoms with Gasteiger partial charge in [0.15, 0.2) is 0 Å². The lowest BCUT2D eigenvalue weighted by atomic mass is 9.66. The highest BCUT2D eigenvalue weighted by Gasteiger charge is 2.31. The van der Waals surface area contributed by atoms with Gasteiger partial charge in [0.25, 0.3) is 0 Å². The van der Waals surface area contributed by atoms with E-state index in [1.165, 1.54) is 50.5 Å². The number of benzene rings is 1. The highest BCUT2D eigenvalue weighted by atomic mass is 14.4. The number of hydrogen-bond donors (Lipinski definition) is 0. The van der Waals surface area contributed by atoms with E-state index >= 15 is 0 Å². The number of hydrogen-bond acceptors (Lipinski definition) is 0. The first kappa shape index (κ1) is 22.3. The van der Waals surface area contributed by atoms with Crippen LogP contribution in [0.25, 0.3) is 0 Å². The van der Waals surface area contributed by atoms with Gasteiger partial charge in [0.2, 0.25) is 0 Å². The van der Waals surface area contributed by atoms with Crippen LogP contribution in [0.5, 0.6) is 0 Å². The third-order valence-corrected chi connectivity index (χ3v) is 6.02. The van der Waals surface area contributed by atoms with Crippen molar-refractivity contribution in [3.05, 3.63) is 35.9 Å². The van der Waals surface area contributed by atoms with E-state index in [1.807, 2.05) is 13.8 Å². The van der Waals surface area contributed by atoms with Gasteiger partial charge in [-0.15, -0.1) is 0 Å². The molecule has 3 unspecified atom stereocenters. The number of rotatable bonds is 4. The first-order valence-corrected chi connectivity index (χ1v) is 11.2. The highest BCUT2D eigenvalue weighted by Crippen LogP contribution is 2.43. The maximum atomic E-state index is 2.47. The summed E-state index contributed by atoms with van der Waals surface area (Å²) in [5, 5.41) is 0. The summed E-state index contributed by atoms with van der Waals surface area (Å²) >= 11 is 0. The zero-order chi connectivity index (χ0) is 18.5. The van der Waals surface area contributed by atoms with E-state index in [-0.39, 0.29) is 0 Å². The summed E-state index contributed by atoms with van der Waals surface area (Å²) in [4.78, 5) is 0. The molecule has 0 heterocycles. The van der Waals surface area contributed by atoms with Crippen molar-refractivity contribution in [2.75, 3.05) is 0 Å². The quantitative estimate of drug-likeness (QED) is 0.515. The maximum absolute atomic E-state index is 2.47. The molecule has 3 atom stereocenters. The molecule has 0 aromatic heterocycles. The molecule has 0 saturated heterocycles. The van der Waals surface area contributed by atoms with Crippen LogP contribution in [0, 0.1) is 23.7 Å². The summed E-state index contributed by atoms with van der Waals surface area (Å²) in [6.45, 7) is 11.0. The molecule has 0 radical (unpaired) electrons. The number of aryl methyl sites for hydroxylation is 1. The van der Waals surface area contributed by atoms with E-state index in [2.05, 4.69) is 51.1 Å². The van der Waals surface area contributed by atoms with E-state index in [1.54, 1.807) is 19.3 Å². The van der Waals surface area contributed by atoms with Crippen molar-refractivity contribution in [3.8, 4) is 0 Å². The Balaban J connectivity index is 0.000000228. The van der Waals surface area contributed by atoms with Gasteiger partial charge in [-0.25, -0.2) is 0 Å². The van der Waals surface area contributed by atoms with Gasteiger partial charge in [0, 0.05) is 0 Å². The fraction of sp³-hybridized carbons (Fsp3) is 0.760. The zero-order valence-corrected chi connectivity index (χ0v) is 17.8. The topological polar surface area (TPSA) is 0 Å². The Morgan fingerprint density at radius 2 is 1.52 bits per heavy atom. The molecule has 0 nitrogen and oxygen atoms in total. The predicted molar refractivity (Wildman–Crippen MR) is 114 cm³/mol. The molecule has 0 spiro atoms. The van der Waals surface area contributed by atoms with Gasteiger partial charge in [-0.3, -0.25) is 0 Å². The molecule has 0 amide bonds. The zero-order valence-electron chi connectivity index (χ0n) is 17.8. The Labute approximate surface area is 158 Å². The Morgan fingerprint density at radius 1 is 0.880 bits per heavy atom. The van der Waals surface area contributed by atoms with Crippen molar-refractivity contribution < 1.29 is 0 Å². The molecule has 0 aliphatic heterocycles. The van der Waals surface area contributed by atoms with Crippen LogP contribution in [0.3, 0.4) is 0 Å². The minimum absolute atomic E-state index is 0.841.